The van der Waals surface area contributed by atoms with Gasteiger partial charge in [-0.3, -0.25) is 0 Å². The summed E-state index contributed by atoms with van der Waals surface area (Å²) in [4.78, 5) is 0. The fourth-order valence-electron chi connectivity index (χ4n) is 0.934. The summed E-state index contributed by atoms with van der Waals surface area (Å²) in [6.07, 6.45) is 1.21. The number of hydrogen-bond donors (Lipinski definition) is 0. The van der Waals surface area contributed by atoms with Gasteiger partial charge in [-0.2, -0.15) is 11.8 Å². The highest BCUT2D eigenvalue weighted by atomic mass is 32.2. The van der Waals surface area contributed by atoms with E-state index in [1.54, 1.807) is 0 Å². The van der Waals surface area contributed by atoms with Crippen LogP contribution in [0, 0.1) is 12.3 Å². The van der Waals surface area contributed by atoms with Gasteiger partial charge < -0.3 is 4.42 Å². The lowest BCUT2D eigenvalue weighted by atomic mass is 9.94. The molecule has 1 aromatic heterocycles. The second-order valence-electron chi connectivity index (χ2n) is 4.58. The number of nitrogens with zero attached hydrogens (tertiary/aromatic N) is 2. The van der Waals surface area contributed by atoms with E-state index in [0.29, 0.717) is 11.3 Å². The molecule has 0 amide bonds. The summed E-state index contributed by atoms with van der Waals surface area (Å²) < 4.78 is 5.27. The number of rotatable bonds is 4. The van der Waals surface area contributed by atoms with Crippen LogP contribution in [0.15, 0.2) is 4.42 Å². The van der Waals surface area contributed by atoms with Crippen molar-refractivity contribution < 1.29 is 4.42 Å². The Labute approximate surface area is 89.7 Å². The molecule has 3 nitrogen and oxygen atoms in total. The first kappa shape index (κ1) is 11.6. The highest BCUT2D eigenvalue weighted by molar-refractivity contribution is 7.98. The highest BCUT2D eigenvalue weighted by Crippen LogP contribution is 2.22. The molecule has 14 heavy (non-hydrogen) atoms. The Morgan fingerprint density at radius 3 is 2.50 bits per heavy atom. The fraction of sp³-hybridized carbons (Fsp3) is 0.800. The molecule has 0 unspecified atom stereocenters. The van der Waals surface area contributed by atoms with Crippen molar-refractivity contribution in [2.24, 2.45) is 5.41 Å². The van der Waals surface area contributed by atoms with Crippen LogP contribution in [0.3, 0.4) is 0 Å². The van der Waals surface area contributed by atoms with Crippen LogP contribution in [0.25, 0.3) is 0 Å². The predicted molar refractivity (Wildman–Crippen MR) is 59.3 cm³/mol. The van der Waals surface area contributed by atoms with E-state index in [1.807, 2.05) is 18.7 Å². The quantitative estimate of drug-likeness (QED) is 0.722. The molecule has 0 fully saturated rings. The van der Waals surface area contributed by atoms with Gasteiger partial charge in [-0.05, 0) is 17.6 Å². The smallest absolute Gasteiger partial charge is 0.226 e. The summed E-state index contributed by atoms with van der Waals surface area (Å²) in [5, 5.41) is 7.73. The molecule has 0 bridgehead atoms. The Morgan fingerprint density at radius 2 is 2.00 bits per heavy atom. The van der Waals surface area contributed by atoms with E-state index >= 15 is 0 Å². The van der Waals surface area contributed by atoms with E-state index in [9.17, 15) is 0 Å². The Kier molecular flexibility index (Phi) is 3.98. The van der Waals surface area contributed by atoms with E-state index in [-0.39, 0.29) is 0 Å². The molecule has 0 spiro atoms. The molecule has 0 radical (unpaired) electrons. The first-order chi connectivity index (χ1) is 6.47. The molecule has 0 aromatic carbocycles. The molecule has 80 valence electrons. The first-order valence-corrected chi connectivity index (χ1v) is 5.99. The molecule has 0 N–H and O–H groups in total. The topological polar surface area (TPSA) is 38.9 Å². The summed E-state index contributed by atoms with van der Waals surface area (Å²) in [7, 11) is 0. The van der Waals surface area contributed by atoms with E-state index in [2.05, 4.69) is 31.0 Å². The Bertz CT molecular complexity index is 278. The molecule has 0 atom stereocenters. The number of hydrogen-bond acceptors (Lipinski definition) is 4. The van der Waals surface area contributed by atoms with Crippen LogP contribution in [0.4, 0.5) is 0 Å². The zero-order valence-corrected chi connectivity index (χ0v) is 10.1. The first-order valence-electron chi connectivity index (χ1n) is 4.84. The average Bonchev–Trinajstić information content (AvgIpc) is 2.44. The molecular weight excluding hydrogens is 196 g/mol. The van der Waals surface area contributed by atoms with Crippen molar-refractivity contribution >= 4 is 11.8 Å². The van der Waals surface area contributed by atoms with Crippen molar-refractivity contribution in [1.29, 1.82) is 0 Å². The lowest BCUT2D eigenvalue weighted by molar-refractivity contribution is 0.401. The van der Waals surface area contributed by atoms with E-state index in [0.717, 1.165) is 17.4 Å². The van der Waals surface area contributed by atoms with Crippen molar-refractivity contribution in [3.8, 4) is 0 Å². The molecule has 1 aromatic rings. The minimum Gasteiger partial charge on any atom is -0.425 e. The Balaban J connectivity index is 2.16. The zero-order chi connectivity index (χ0) is 10.6. The van der Waals surface area contributed by atoms with Crippen LogP contribution < -0.4 is 0 Å². The molecule has 0 aliphatic carbocycles. The van der Waals surface area contributed by atoms with Crippen molar-refractivity contribution in [3.05, 3.63) is 11.8 Å². The summed E-state index contributed by atoms with van der Waals surface area (Å²) in [5.41, 5.74) is 0.414. The van der Waals surface area contributed by atoms with Crippen molar-refractivity contribution in [2.75, 3.05) is 5.75 Å². The zero-order valence-electron chi connectivity index (χ0n) is 9.33. The molecule has 4 heteroatoms. The van der Waals surface area contributed by atoms with Crippen LogP contribution in [-0.4, -0.2) is 16.0 Å². The monoisotopic (exact) mass is 214 g/mol. The van der Waals surface area contributed by atoms with Gasteiger partial charge in [-0.1, -0.05) is 20.8 Å². The minimum atomic E-state index is 0.414. The summed E-state index contributed by atoms with van der Waals surface area (Å²) in [5.74, 6) is 3.36. The molecule has 0 aliphatic rings. The second kappa shape index (κ2) is 4.82. The lowest BCUT2D eigenvalue weighted by Gasteiger charge is -2.16. The maximum absolute atomic E-state index is 5.27. The standard InChI is InChI=1S/C10H18N2OS/c1-8-11-12-9(13-8)7-14-6-5-10(2,3)4/h5-7H2,1-4H3. The van der Waals surface area contributed by atoms with Crippen LogP contribution in [0.2, 0.25) is 0 Å². The van der Waals surface area contributed by atoms with Crippen molar-refractivity contribution in [3.63, 3.8) is 0 Å². The molecule has 1 heterocycles. The summed E-state index contributed by atoms with van der Waals surface area (Å²) in [6.45, 7) is 8.58. The van der Waals surface area contributed by atoms with Gasteiger partial charge in [0.15, 0.2) is 0 Å². The molecule has 1 rings (SSSR count). The molecule has 0 saturated heterocycles. The number of aryl methyl sites for hydroxylation is 1. The van der Waals surface area contributed by atoms with Gasteiger partial charge in [0.2, 0.25) is 11.8 Å². The van der Waals surface area contributed by atoms with Crippen LogP contribution in [0.1, 0.15) is 39.0 Å². The second-order valence-corrected chi connectivity index (χ2v) is 5.68. The van der Waals surface area contributed by atoms with Gasteiger partial charge in [-0.15, -0.1) is 10.2 Å². The normalized spacial score (nSPS) is 12.0. The summed E-state index contributed by atoms with van der Waals surface area (Å²) in [6, 6.07) is 0. The van der Waals surface area contributed by atoms with Crippen molar-refractivity contribution in [2.45, 2.75) is 39.9 Å². The van der Waals surface area contributed by atoms with Gasteiger partial charge in [-0.25, -0.2) is 0 Å². The van der Waals surface area contributed by atoms with Gasteiger partial charge in [0.25, 0.3) is 0 Å². The summed E-state index contributed by atoms with van der Waals surface area (Å²) >= 11 is 1.85. The third-order valence-electron chi connectivity index (χ3n) is 1.79. The van der Waals surface area contributed by atoms with Crippen molar-refractivity contribution in [1.82, 2.24) is 10.2 Å². The minimum absolute atomic E-state index is 0.414. The SMILES string of the molecule is Cc1nnc(CSCCC(C)(C)C)o1. The van der Waals surface area contributed by atoms with Crippen LogP contribution in [-0.2, 0) is 5.75 Å². The van der Waals surface area contributed by atoms with Gasteiger partial charge in [0, 0.05) is 6.92 Å². The maximum atomic E-state index is 5.27. The largest absolute Gasteiger partial charge is 0.425 e. The van der Waals surface area contributed by atoms with Gasteiger partial charge in [0.05, 0.1) is 5.75 Å². The highest BCUT2D eigenvalue weighted by Gasteiger charge is 2.10. The third-order valence-corrected chi connectivity index (χ3v) is 2.73. The fourth-order valence-corrected chi connectivity index (χ4v) is 2.13. The van der Waals surface area contributed by atoms with E-state index in [4.69, 9.17) is 4.42 Å². The van der Waals surface area contributed by atoms with E-state index in [1.165, 1.54) is 6.42 Å². The number of aromatic nitrogens is 2. The molecular formula is C10H18N2OS. The Morgan fingerprint density at radius 1 is 1.29 bits per heavy atom. The average molecular weight is 214 g/mol. The third kappa shape index (κ3) is 4.65. The van der Waals surface area contributed by atoms with E-state index < -0.39 is 0 Å². The van der Waals surface area contributed by atoms with Crippen LogP contribution in [0.5, 0.6) is 0 Å². The maximum Gasteiger partial charge on any atom is 0.226 e. The van der Waals surface area contributed by atoms with Gasteiger partial charge in [0.1, 0.15) is 0 Å². The Hall–Kier alpha value is -0.510. The van der Waals surface area contributed by atoms with Crippen LogP contribution >= 0.6 is 11.8 Å². The molecule has 0 saturated carbocycles. The van der Waals surface area contributed by atoms with Gasteiger partial charge >= 0.3 is 0 Å². The number of thioether (sulfide) groups is 1. The predicted octanol–water partition coefficient (Wildman–Crippen LogP) is 3.05. The molecule has 0 aliphatic heterocycles. The lowest BCUT2D eigenvalue weighted by Crippen LogP contribution is -2.05.